The van der Waals surface area contributed by atoms with Gasteiger partial charge in [0.1, 0.15) is 11.5 Å². The molecule has 0 aliphatic carbocycles. The minimum absolute atomic E-state index is 0.0852. The summed E-state index contributed by atoms with van der Waals surface area (Å²) in [6.07, 6.45) is 2.18. The number of benzene rings is 1. The molecule has 1 saturated heterocycles. The summed E-state index contributed by atoms with van der Waals surface area (Å²) >= 11 is 7.02. The van der Waals surface area contributed by atoms with Crippen molar-refractivity contribution in [3.63, 3.8) is 0 Å². The number of thioether (sulfide) groups is 1. The van der Waals surface area contributed by atoms with E-state index in [0.29, 0.717) is 28.5 Å². The van der Waals surface area contributed by atoms with E-state index in [4.69, 9.17) is 21.1 Å². The zero-order valence-electron chi connectivity index (χ0n) is 14.6. The Morgan fingerprint density at radius 3 is 2.74 bits per heavy atom. The highest BCUT2D eigenvalue weighted by Crippen LogP contribution is 2.36. The van der Waals surface area contributed by atoms with Crippen LogP contribution in [0.25, 0.3) is 17.4 Å². The van der Waals surface area contributed by atoms with E-state index in [9.17, 15) is 14.4 Å². The highest BCUT2D eigenvalue weighted by Gasteiger charge is 2.37. The Morgan fingerprint density at radius 2 is 2.07 bits per heavy atom. The minimum atomic E-state index is -1.07. The molecular weight excluding hydrogens is 390 g/mol. The van der Waals surface area contributed by atoms with Crippen molar-refractivity contribution in [1.82, 2.24) is 4.90 Å². The highest BCUT2D eigenvalue weighted by atomic mass is 35.5. The summed E-state index contributed by atoms with van der Waals surface area (Å²) in [6.45, 7) is 3.73. The lowest BCUT2D eigenvalue weighted by atomic mass is 10.1. The Bertz CT molecular complexity index is 965. The van der Waals surface area contributed by atoms with Gasteiger partial charge in [0.05, 0.1) is 15.5 Å². The van der Waals surface area contributed by atoms with Crippen LogP contribution in [0.3, 0.4) is 0 Å². The van der Waals surface area contributed by atoms with E-state index in [1.165, 1.54) is 29.2 Å². The summed E-state index contributed by atoms with van der Waals surface area (Å²) in [4.78, 5) is 37.2. The normalized spacial score (nSPS) is 17.0. The first kappa shape index (κ1) is 19.3. The third-order valence-corrected chi connectivity index (χ3v) is 5.45. The summed E-state index contributed by atoms with van der Waals surface area (Å²) in [6, 6.07) is 7.41. The molecule has 1 aromatic heterocycles. The fourth-order valence-electron chi connectivity index (χ4n) is 2.59. The van der Waals surface area contributed by atoms with Crippen LogP contribution in [0.1, 0.15) is 36.4 Å². The molecular formula is C19H16ClNO5S. The van der Waals surface area contributed by atoms with E-state index in [2.05, 4.69) is 0 Å². The maximum Gasteiger partial charge on any atom is 0.335 e. The van der Waals surface area contributed by atoms with Crippen LogP contribution in [0.4, 0.5) is 4.79 Å². The molecule has 6 nitrogen and oxygen atoms in total. The lowest BCUT2D eigenvalue weighted by Gasteiger charge is -2.19. The fourth-order valence-corrected chi connectivity index (χ4v) is 3.71. The summed E-state index contributed by atoms with van der Waals surface area (Å²) < 4.78 is 5.70. The quantitative estimate of drug-likeness (QED) is 0.693. The van der Waals surface area contributed by atoms with Gasteiger partial charge in [0.15, 0.2) is 0 Å². The molecule has 2 amide bonds. The van der Waals surface area contributed by atoms with Crippen molar-refractivity contribution in [2.75, 3.05) is 0 Å². The predicted octanol–water partition coefficient (Wildman–Crippen LogP) is 5.13. The maximum atomic E-state index is 12.5. The van der Waals surface area contributed by atoms with Crippen molar-refractivity contribution >= 4 is 46.6 Å². The molecule has 0 saturated carbocycles. The molecule has 8 heteroatoms. The summed E-state index contributed by atoms with van der Waals surface area (Å²) in [5.41, 5.74) is 0.519. The van der Waals surface area contributed by atoms with Gasteiger partial charge in [-0.3, -0.25) is 14.5 Å². The minimum Gasteiger partial charge on any atom is -0.478 e. The number of carbonyl (C=O) groups is 3. The van der Waals surface area contributed by atoms with Crippen molar-refractivity contribution in [3.05, 3.63) is 51.6 Å². The average molecular weight is 406 g/mol. The molecule has 2 heterocycles. The number of carbonyl (C=O) groups excluding carboxylic acids is 2. The molecule has 27 heavy (non-hydrogen) atoms. The second-order valence-electron chi connectivity index (χ2n) is 6.01. The van der Waals surface area contributed by atoms with Crippen LogP contribution in [0.2, 0.25) is 5.02 Å². The van der Waals surface area contributed by atoms with E-state index in [-0.39, 0.29) is 27.7 Å². The first-order valence-electron chi connectivity index (χ1n) is 8.22. The van der Waals surface area contributed by atoms with Gasteiger partial charge in [-0.05, 0) is 55.4 Å². The van der Waals surface area contributed by atoms with E-state index < -0.39 is 5.97 Å². The molecule has 0 bridgehead atoms. The molecule has 2 aromatic rings. The Kier molecular flexibility index (Phi) is 5.43. The lowest BCUT2D eigenvalue weighted by Crippen LogP contribution is -2.36. The number of amides is 2. The molecule has 0 spiro atoms. The molecule has 0 radical (unpaired) electrons. The molecule has 140 valence electrons. The van der Waals surface area contributed by atoms with E-state index in [1.54, 1.807) is 12.1 Å². The van der Waals surface area contributed by atoms with Crippen LogP contribution in [0.15, 0.2) is 39.7 Å². The second kappa shape index (κ2) is 7.62. The predicted molar refractivity (Wildman–Crippen MR) is 104 cm³/mol. The van der Waals surface area contributed by atoms with Gasteiger partial charge in [0.2, 0.25) is 0 Å². The Labute approximate surface area is 164 Å². The number of furan rings is 1. The van der Waals surface area contributed by atoms with Gasteiger partial charge < -0.3 is 9.52 Å². The first-order chi connectivity index (χ1) is 12.8. The Morgan fingerprint density at radius 1 is 1.33 bits per heavy atom. The van der Waals surface area contributed by atoms with Crippen molar-refractivity contribution < 1.29 is 23.9 Å². The standard InChI is InChI=1S/C19H16ClNO5S/c1-3-10(2)21-17(22)16(27-19(21)25)9-12-5-7-15(26-12)13-8-11(18(23)24)4-6-14(13)20/h4-10H,3H2,1-2H3,(H,23,24)/b16-9-/t10-/m0/s1. The number of carboxylic acid groups (broad SMARTS) is 1. The molecule has 1 fully saturated rings. The zero-order chi connectivity index (χ0) is 19.7. The van der Waals surface area contributed by atoms with Gasteiger partial charge in [-0.2, -0.15) is 0 Å². The van der Waals surface area contributed by atoms with Gasteiger partial charge in [0, 0.05) is 17.7 Å². The average Bonchev–Trinajstić information content (AvgIpc) is 3.19. The number of hydrogen-bond donors (Lipinski definition) is 1. The maximum absolute atomic E-state index is 12.5. The largest absolute Gasteiger partial charge is 0.478 e. The van der Waals surface area contributed by atoms with Gasteiger partial charge in [-0.1, -0.05) is 18.5 Å². The van der Waals surface area contributed by atoms with Gasteiger partial charge in [-0.25, -0.2) is 4.79 Å². The van der Waals surface area contributed by atoms with Gasteiger partial charge in [0.25, 0.3) is 11.1 Å². The molecule has 1 aromatic carbocycles. The van der Waals surface area contributed by atoms with Crippen LogP contribution >= 0.6 is 23.4 Å². The molecule has 0 unspecified atom stereocenters. The fraction of sp³-hybridized carbons (Fsp3) is 0.211. The zero-order valence-corrected chi connectivity index (χ0v) is 16.1. The first-order valence-corrected chi connectivity index (χ1v) is 9.41. The molecule has 1 N–H and O–H groups in total. The van der Waals surface area contributed by atoms with Crippen molar-refractivity contribution in [2.45, 2.75) is 26.3 Å². The summed E-state index contributed by atoms with van der Waals surface area (Å²) in [5, 5.41) is 9.17. The number of carboxylic acids is 1. The van der Waals surface area contributed by atoms with Gasteiger partial charge in [-0.15, -0.1) is 0 Å². The smallest absolute Gasteiger partial charge is 0.335 e. The Hall–Kier alpha value is -2.51. The van der Waals surface area contributed by atoms with Crippen LogP contribution in [-0.2, 0) is 4.79 Å². The topological polar surface area (TPSA) is 87.8 Å². The molecule has 3 rings (SSSR count). The summed E-state index contributed by atoms with van der Waals surface area (Å²) in [7, 11) is 0. The summed E-state index contributed by atoms with van der Waals surface area (Å²) in [5.74, 6) is -0.673. The van der Waals surface area contributed by atoms with Crippen molar-refractivity contribution in [2.24, 2.45) is 0 Å². The number of halogens is 1. The Balaban J connectivity index is 1.90. The van der Waals surface area contributed by atoms with Crippen LogP contribution in [0, 0.1) is 0 Å². The van der Waals surface area contributed by atoms with E-state index in [0.717, 1.165) is 11.8 Å². The number of rotatable bonds is 5. The molecule has 1 atom stereocenters. The molecule has 1 aliphatic heterocycles. The van der Waals surface area contributed by atoms with Crippen LogP contribution in [-0.4, -0.2) is 33.2 Å². The van der Waals surface area contributed by atoms with Crippen LogP contribution in [0.5, 0.6) is 0 Å². The third-order valence-electron chi connectivity index (χ3n) is 4.23. The number of imide groups is 1. The lowest BCUT2D eigenvalue weighted by molar-refractivity contribution is -0.124. The second-order valence-corrected chi connectivity index (χ2v) is 7.41. The van der Waals surface area contributed by atoms with Crippen LogP contribution < -0.4 is 0 Å². The number of hydrogen-bond acceptors (Lipinski definition) is 5. The number of aromatic carboxylic acids is 1. The number of nitrogens with zero attached hydrogens (tertiary/aromatic N) is 1. The molecule has 1 aliphatic rings. The van der Waals surface area contributed by atoms with E-state index >= 15 is 0 Å². The van der Waals surface area contributed by atoms with Gasteiger partial charge >= 0.3 is 5.97 Å². The highest BCUT2D eigenvalue weighted by molar-refractivity contribution is 8.18. The van der Waals surface area contributed by atoms with Crippen molar-refractivity contribution in [1.29, 1.82) is 0 Å². The monoisotopic (exact) mass is 405 g/mol. The van der Waals surface area contributed by atoms with E-state index in [1.807, 2.05) is 13.8 Å². The third kappa shape index (κ3) is 3.79. The SMILES string of the molecule is CC[C@H](C)N1C(=O)S/C(=C\c2ccc(-c3cc(C(=O)O)ccc3Cl)o2)C1=O. The van der Waals surface area contributed by atoms with Crippen molar-refractivity contribution in [3.8, 4) is 11.3 Å².